The van der Waals surface area contributed by atoms with Gasteiger partial charge < -0.3 is 15.4 Å². The average Bonchev–Trinajstić information content (AvgIpc) is 3.06. The number of ether oxygens (including phenoxy) is 1. The number of aromatic nitrogens is 2. The number of nitrogens with one attached hydrogen (secondary N) is 2. The highest BCUT2D eigenvalue weighted by Gasteiger charge is 2.15. The molecular formula is C22H16FN5O2. The van der Waals surface area contributed by atoms with Gasteiger partial charge in [-0.25, -0.2) is 8.91 Å². The first-order chi connectivity index (χ1) is 14.6. The molecule has 8 heteroatoms. The molecule has 1 amide bonds. The van der Waals surface area contributed by atoms with Gasteiger partial charge in [0, 0.05) is 17.3 Å². The highest BCUT2D eigenvalue weighted by atomic mass is 19.1. The fraction of sp³-hybridized carbons (Fsp3) is 0.0455. The molecule has 2 N–H and O–H groups in total. The second-order valence-electron chi connectivity index (χ2n) is 6.48. The van der Waals surface area contributed by atoms with Gasteiger partial charge in [-0.05, 0) is 43.3 Å². The number of hydrogen-bond acceptors (Lipinski definition) is 5. The molecule has 0 atom stereocenters. The predicted molar refractivity (Wildman–Crippen MR) is 111 cm³/mol. The number of fused-ring (bicyclic) bond motifs is 1. The molecule has 0 radical (unpaired) electrons. The first-order valence-corrected chi connectivity index (χ1v) is 9.01. The molecule has 0 aliphatic carbocycles. The molecule has 0 unspecified atom stereocenters. The Labute approximate surface area is 171 Å². The monoisotopic (exact) mass is 401 g/mol. The number of carbonyl (C=O) groups is 1. The molecule has 0 fully saturated rings. The number of nitrogens with zero attached hydrogens (tertiary/aromatic N) is 3. The van der Waals surface area contributed by atoms with Gasteiger partial charge in [0.1, 0.15) is 23.4 Å². The van der Waals surface area contributed by atoms with Crippen LogP contribution in [0.2, 0.25) is 0 Å². The Bertz CT molecular complexity index is 1280. The summed E-state index contributed by atoms with van der Waals surface area (Å²) in [5, 5.41) is 19.6. The van der Waals surface area contributed by atoms with E-state index >= 15 is 0 Å². The minimum absolute atomic E-state index is 0.362. The molecule has 2 aromatic heterocycles. The van der Waals surface area contributed by atoms with Crippen molar-refractivity contribution < 1.29 is 13.9 Å². The van der Waals surface area contributed by atoms with Crippen LogP contribution in [0.5, 0.6) is 11.5 Å². The lowest BCUT2D eigenvalue weighted by Crippen LogP contribution is -2.00. The minimum atomic E-state index is -0.373. The number of halogens is 1. The van der Waals surface area contributed by atoms with E-state index in [0.29, 0.717) is 40.4 Å². The van der Waals surface area contributed by atoms with Gasteiger partial charge in [0.2, 0.25) is 6.41 Å². The van der Waals surface area contributed by atoms with Crippen LogP contribution < -0.4 is 15.4 Å². The number of anilines is 3. The van der Waals surface area contributed by atoms with Gasteiger partial charge in [-0.3, -0.25) is 4.79 Å². The molecule has 148 valence electrons. The smallest absolute Gasteiger partial charge is 0.211 e. The summed E-state index contributed by atoms with van der Waals surface area (Å²) in [6.45, 7) is 1.84. The number of nitriles is 1. The average molecular weight is 401 g/mol. The van der Waals surface area contributed by atoms with Crippen LogP contribution in [0.15, 0.2) is 60.9 Å². The van der Waals surface area contributed by atoms with Gasteiger partial charge in [-0.1, -0.05) is 6.07 Å². The molecule has 4 rings (SSSR count). The van der Waals surface area contributed by atoms with Crippen molar-refractivity contribution in [2.24, 2.45) is 0 Å². The lowest BCUT2D eigenvalue weighted by molar-refractivity contribution is -0.105. The van der Waals surface area contributed by atoms with E-state index in [9.17, 15) is 14.4 Å². The lowest BCUT2D eigenvalue weighted by atomic mass is 10.1. The van der Waals surface area contributed by atoms with Gasteiger partial charge in [-0.15, -0.1) is 0 Å². The van der Waals surface area contributed by atoms with Crippen molar-refractivity contribution in [3.8, 4) is 17.6 Å². The van der Waals surface area contributed by atoms with E-state index < -0.39 is 0 Å². The van der Waals surface area contributed by atoms with Crippen LogP contribution in [0.25, 0.3) is 5.52 Å². The number of hydrogen-bond donors (Lipinski definition) is 2. The third kappa shape index (κ3) is 3.64. The molecular weight excluding hydrogens is 385 g/mol. The molecule has 2 heterocycles. The summed E-state index contributed by atoms with van der Waals surface area (Å²) in [5.74, 6) is 0.572. The number of rotatable bonds is 6. The van der Waals surface area contributed by atoms with Crippen molar-refractivity contribution in [1.82, 2.24) is 9.61 Å². The molecule has 4 aromatic rings. The fourth-order valence-electron chi connectivity index (χ4n) is 3.13. The van der Waals surface area contributed by atoms with E-state index in [0.717, 1.165) is 11.3 Å². The van der Waals surface area contributed by atoms with Crippen LogP contribution >= 0.6 is 0 Å². The maximum atomic E-state index is 13.3. The van der Waals surface area contributed by atoms with E-state index in [1.807, 2.05) is 6.92 Å². The molecule has 0 aliphatic heterocycles. The second kappa shape index (κ2) is 7.93. The quantitative estimate of drug-likeness (QED) is 0.455. The second-order valence-corrected chi connectivity index (χ2v) is 6.48. The Morgan fingerprint density at radius 3 is 2.70 bits per heavy atom. The Morgan fingerprint density at radius 1 is 1.20 bits per heavy atom. The summed E-state index contributed by atoms with van der Waals surface area (Å²) in [5.41, 5.74) is 3.72. The maximum Gasteiger partial charge on any atom is 0.211 e. The zero-order chi connectivity index (χ0) is 21.1. The van der Waals surface area contributed by atoms with E-state index in [2.05, 4.69) is 21.8 Å². The van der Waals surface area contributed by atoms with Gasteiger partial charge >= 0.3 is 0 Å². The van der Waals surface area contributed by atoms with E-state index in [-0.39, 0.29) is 5.82 Å². The highest BCUT2D eigenvalue weighted by Crippen LogP contribution is 2.32. The topological polar surface area (TPSA) is 91.5 Å². The number of benzene rings is 2. The first-order valence-electron chi connectivity index (χ1n) is 9.01. The van der Waals surface area contributed by atoms with Crippen LogP contribution in [-0.2, 0) is 4.79 Å². The van der Waals surface area contributed by atoms with Crippen molar-refractivity contribution in [3.63, 3.8) is 0 Å². The summed E-state index contributed by atoms with van der Waals surface area (Å²) < 4.78 is 20.6. The molecule has 2 aromatic carbocycles. The SMILES string of the molecule is Cc1c(NC=O)cn2ncc(C#N)c(Nc3ccc(Oc4cccc(F)c4)cc3)c12. The maximum absolute atomic E-state index is 13.3. The molecule has 0 aliphatic rings. The Hall–Kier alpha value is -4.38. The number of aryl methyl sites for hydroxylation is 1. The zero-order valence-corrected chi connectivity index (χ0v) is 15.9. The third-order valence-corrected chi connectivity index (χ3v) is 4.55. The summed E-state index contributed by atoms with van der Waals surface area (Å²) in [7, 11) is 0. The van der Waals surface area contributed by atoms with Crippen LogP contribution in [0, 0.1) is 24.1 Å². The van der Waals surface area contributed by atoms with Crippen LogP contribution in [0.1, 0.15) is 11.1 Å². The van der Waals surface area contributed by atoms with Crippen molar-refractivity contribution in [3.05, 3.63) is 77.9 Å². The highest BCUT2D eigenvalue weighted by molar-refractivity contribution is 5.89. The lowest BCUT2D eigenvalue weighted by Gasteiger charge is -2.12. The molecule has 0 spiro atoms. The summed E-state index contributed by atoms with van der Waals surface area (Å²) in [6.07, 6.45) is 3.74. The van der Waals surface area contributed by atoms with E-state index in [1.165, 1.54) is 18.3 Å². The zero-order valence-electron chi connectivity index (χ0n) is 15.9. The fourth-order valence-corrected chi connectivity index (χ4v) is 3.13. The molecule has 0 saturated heterocycles. The number of amides is 1. The van der Waals surface area contributed by atoms with Crippen LogP contribution in [0.3, 0.4) is 0 Å². The van der Waals surface area contributed by atoms with Gasteiger partial charge in [-0.2, -0.15) is 10.4 Å². The van der Waals surface area contributed by atoms with Crippen molar-refractivity contribution in [2.45, 2.75) is 6.92 Å². The largest absolute Gasteiger partial charge is 0.457 e. The summed E-state index contributed by atoms with van der Waals surface area (Å²) >= 11 is 0. The van der Waals surface area contributed by atoms with Gasteiger partial charge in [0.15, 0.2) is 0 Å². The van der Waals surface area contributed by atoms with E-state index in [4.69, 9.17) is 4.74 Å². The Kier molecular flexibility index (Phi) is 5.01. The van der Waals surface area contributed by atoms with Crippen molar-refractivity contribution in [1.29, 1.82) is 5.26 Å². The summed E-state index contributed by atoms with van der Waals surface area (Å²) in [4.78, 5) is 10.8. The van der Waals surface area contributed by atoms with Crippen LogP contribution in [0.4, 0.5) is 21.5 Å². The molecule has 0 bridgehead atoms. The minimum Gasteiger partial charge on any atom is -0.457 e. The first kappa shape index (κ1) is 19.0. The van der Waals surface area contributed by atoms with Crippen molar-refractivity contribution >= 4 is 29.0 Å². The Balaban J connectivity index is 1.65. The van der Waals surface area contributed by atoms with Crippen molar-refractivity contribution in [2.75, 3.05) is 10.6 Å². The Morgan fingerprint density at radius 2 is 2.00 bits per heavy atom. The van der Waals surface area contributed by atoms with Gasteiger partial charge in [0.25, 0.3) is 0 Å². The normalized spacial score (nSPS) is 10.4. The molecule has 0 saturated carbocycles. The standard InChI is InChI=1S/C22H16FN5O2/c1-14-20(25-13-29)12-28-22(14)21(15(10-24)11-26-28)27-17-5-7-18(8-6-17)30-19-4-2-3-16(23)9-19/h2-9,11-13,27H,1H3,(H,25,29). The molecule has 7 nitrogen and oxygen atoms in total. The third-order valence-electron chi connectivity index (χ3n) is 4.55. The van der Waals surface area contributed by atoms with E-state index in [1.54, 1.807) is 47.1 Å². The predicted octanol–water partition coefficient (Wildman–Crippen LogP) is 4.76. The number of carbonyl (C=O) groups excluding carboxylic acids is 1. The van der Waals surface area contributed by atoms with Crippen LogP contribution in [-0.4, -0.2) is 16.0 Å². The van der Waals surface area contributed by atoms with Gasteiger partial charge in [0.05, 0.1) is 34.8 Å². The molecule has 30 heavy (non-hydrogen) atoms. The summed E-state index contributed by atoms with van der Waals surface area (Å²) in [6, 6.07) is 15.1.